The molecule has 0 aromatic carbocycles. The molecule has 0 spiro atoms. The van der Waals surface area contributed by atoms with Gasteiger partial charge in [-0.05, 0) is 18.8 Å². The van der Waals surface area contributed by atoms with E-state index >= 15 is 0 Å². The Labute approximate surface area is 124 Å². The van der Waals surface area contributed by atoms with E-state index < -0.39 is 10.0 Å². The smallest absolute Gasteiger partial charge is 0.254 e. The molecule has 0 unspecified atom stereocenters. The zero-order valence-electron chi connectivity index (χ0n) is 12.3. The number of rotatable bonds is 2. The molecule has 0 bridgehead atoms. The number of anilines is 1. The predicted molar refractivity (Wildman–Crippen MR) is 82.2 cm³/mol. The summed E-state index contributed by atoms with van der Waals surface area (Å²) in [6.07, 6.45) is 2.80. The van der Waals surface area contributed by atoms with Gasteiger partial charge in [0.15, 0.2) is 9.34 Å². The molecule has 1 aromatic rings. The van der Waals surface area contributed by atoms with Crippen LogP contribution in [0.25, 0.3) is 0 Å². The molecule has 0 atom stereocenters. The van der Waals surface area contributed by atoms with E-state index in [2.05, 4.69) is 25.8 Å². The molecule has 0 saturated heterocycles. The highest BCUT2D eigenvalue weighted by Gasteiger charge is 2.31. The number of nitrogen functional groups attached to an aromatic ring is 1. The number of sulfonamides is 1. The number of aromatic nitrogens is 1. The predicted octanol–water partition coefficient (Wildman–Crippen LogP) is 2.40. The van der Waals surface area contributed by atoms with Crippen molar-refractivity contribution in [2.24, 2.45) is 5.41 Å². The van der Waals surface area contributed by atoms with Gasteiger partial charge in [0.25, 0.3) is 10.0 Å². The molecule has 2 rings (SSSR count). The van der Waals surface area contributed by atoms with Crippen LogP contribution in [0, 0.1) is 12.3 Å². The number of hydrogen-bond acceptors (Lipinski definition) is 5. The third-order valence-electron chi connectivity index (χ3n) is 3.48. The van der Waals surface area contributed by atoms with Crippen LogP contribution in [-0.2, 0) is 10.0 Å². The minimum atomic E-state index is -3.48. The van der Waals surface area contributed by atoms with Crippen molar-refractivity contribution in [3.05, 3.63) is 17.3 Å². The van der Waals surface area contributed by atoms with Crippen LogP contribution in [0.2, 0.25) is 0 Å². The van der Waals surface area contributed by atoms with Crippen molar-refractivity contribution >= 4 is 26.5 Å². The van der Waals surface area contributed by atoms with E-state index in [4.69, 9.17) is 5.73 Å². The van der Waals surface area contributed by atoms with Gasteiger partial charge < -0.3 is 5.73 Å². The minimum absolute atomic E-state index is 0.0979. The van der Waals surface area contributed by atoms with Crippen LogP contribution >= 0.6 is 11.3 Å². The zero-order valence-corrected chi connectivity index (χ0v) is 13.9. The monoisotopic (exact) mass is 315 g/mol. The Morgan fingerprint density at radius 1 is 1.40 bits per heavy atom. The number of nitrogens with zero attached hydrogens (tertiary/aromatic N) is 2. The van der Waals surface area contributed by atoms with E-state index in [9.17, 15) is 8.42 Å². The van der Waals surface area contributed by atoms with Gasteiger partial charge in [-0.25, -0.2) is 13.4 Å². The normalized spacial score (nSPS) is 18.1. The van der Waals surface area contributed by atoms with Crippen molar-refractivity contribution in [3.63, 3.8) is 0 Å². The van der Waals surface area contributed by atoms with E-state index in [1.807, 2.05) is 6.08 Å². The largest absolute Gasteiger partial charge is 0.375 e. The summed E-state index contributed by atoms with van der Waals surface area (Å²) in [5, 5.41) is 0.295. The lowest BCUT2D eigenvalue weighted by Gasteiger charge is -2.31. The van der Waals surface area contributed by atoms with Crippen molar-refractivity contribution in [1.82, 2.24) is 9.29 Å². The summed E-state index contributed by atoms with van der Waals surface area (Å²) in [7, 11) is -3.48. The van der Waals surface area contributed by atoms with E-state index in [0.29, 0.717) is 23.9 Å². The maximum Gasteiger partial charge on any atom is 0.254 e. The highest BCUT2D eigenvalue weighted by molar-refractivity contribution is 7.91. The van der Waals surface area contributed by atoms with Crippen LogP contribution < -0.4 is 5.73 Å². The summed E-state index contributed by atoms with van der Waals surface area (Å²) in [5.74, 6) is 0. The maximum absolute atomic E-state index is 12.6. The molecular formula is C13H21N3O2S2. The Balaban J connectivity index is 2.26. The summed E-state index contributed by atoms with van der Waals surface area (Å²) in [6.45, 7) is 9.07. The number of nitrogens with two attached hydrogens (primary N) is 1. The average Bonchev–Trinajstić information content (AvgIpc) is 2.68. The summed E-state index contributed by atoms with van der Waals surface area (Å²) in [6, 6.07) is 0. The van der Waals surface area contributed by atoms with Gasteiger partial charge in [0.2, 0.25) is 0 Å². The molecule has 1 aliphatic heterocycles. The first-order valence-electron chi connectivity index (χ1n) is 6.55. The third kappa shape index (κ3) is 2.89. The molecule has 0 amide bonds. The van der Waals surface area contributed by atoms with Crippen LogP contribution in [-0.4, -0.2) is 30.8 Å². The topological polar surface area (TPSA) is 76.3 Å². The Morgan fingerprint density at radius 2 is 2.05 bits per heavy atom. The van der Waals surface area contributed by atoms with Crippen molar-refractivity contribution in [1.29, 1.82) is 0 Å². The third-order valence-corrected chi connectivity index (χ3v) is 6.92. The molecule has 7 heteroatoms. The van der Waals surface area contributed by atoms with Crippen molar-refractivity contribution in [2.45, 2.75) is 38.3 Å². The fraction of sp³-hybridized carbons (Fsp3) is 0.615. The van der Waals surface area contributed by atoms with E-state index in [1.54, 1.807) is 6.92 Å². The quantitative estimate of drug-likeness (QED) is 0.850. The molecule has 0 saturated carbocycles. The van der Waals surface area contributed by atoms with Crippen molar-refractivity contribution < 1.29 is 8.42 Å². The number of thiazole rings is 1. The first kappa shape index (κ1) is 15.5. The molecule has 0 fully saturated rings. The summed E-state index contributed by atoms with van der Waals surface area (Å²) in [5.41, 5.74) is 7.49. The average molecular weight is 315 g/mol. The van der Waals surface area contributed by atoms with Crippen LogP contribution in [0.15, 0.2) is 15.9 Å². The highest BCUT2D eigenvalue weighted by atomic mass is 32.2. The van der Waals surface area contributed by atoms with Crippen LogP contribution in [0.5, 0.6) is 0 Å². The van der Waals surface area contributed by atoms with Crippen LogP contribution in [0.1, 0.15) is 32.9 Å². The molecule has 1 aliphatic rings. The molecule has 2 N–H and O–H groups in total. The summed E-state index contributed by atoms with van der Waals surface area (Å²) < 4.78 is 26.9. The van der Waals surface area contributed by atoms with Crippen molar-refractivity contribution in [2.75, 3.05) is 18.8 Å². The van der Waals surface area contributed by atoms with Gasteiger partial charge in [-0.3, -0.25) is 0 Å². The molecule has 0 radical (unpaired) electrons. The van der Waals surface area contributed by atoms with Crippen LogP contribution in [0.3, 0.4) is 0 Å². The minimum Gasteiger partial charge on any atom is -0.375 e. The van der Waals surface area contributed by atoms with E-state index in [-0.39, 0.29) is 9.62 Å². The lowest BCUT2D eigenvalue weighted by atomic mass is 9.83. The van der Waals surface area contributed by atoms with Gasteiger partial charge >= 0.3 is 0 Å². The summed E-state index contributed by atoms with van der Waals surface area (Å²) >= 11 is 1.04. The van der Waals surface area contributed by atoms with Gasteiger partial charge in [-0.15, -0.1) is 0 Å². The molecule has 5 nitrogen and oxygen atoms in total. The van der Waals surface area contributed by atoms with Gasteiger partial charge in [-0.1, -0.05) is 43.8 Å². The van der Waals surface area contributed by atoms with E-state index in [1.165, 1.54) is 9.88 Å². The Kier molecular flexibility index (Phi) is 3.96. The maximum atomic E-state index is 12.6. The summed E-state index contributed by atoms with van der Waals surface area (Å²) in [4.78, 5) is 4.00. The zero-order chi connectivity index (χ0) is 15.1. The van der Waals surface area contributed by atoms with Crippen LogP contribution in [0.4, 0.5) is 5.13 Å². The molecule has 2 heterocycles. The first-order valence-corrected chi connectivity index (χ1v) is 8.80. The van der Waals surface area contributed by atoms with Gasteiger partial charge in [0, 0.05) is 13.1 Å². The lowest BCUT2D eigenvalue weighted by molar-refractivity contribution is 0.390. The molecule has 1 aromatic heterocycles. The Morgan fingerprint density at radius 3 is 2.45 bits per heavy atom. The fourth-order valence-electron chi connectivity index (χ4n) is 2.31. The second-order valence-corrected chi connectivity index (χ2v) is 9.18. The molecule has 20 heavy (non-hydrogen) atoms. The van der Waals surface area contributed by atoms with Gasteiger partial charge in [0.1, 0.15) is 0 Å². The second-order valence-electron chi connectivity index (χ2n) is 6.02. The van der Waals surface area contributed by atoms with Gasteiger partial charge in [0.05, 0.1) is 5.69 Å². The Hall–Kier alpha value is -0.920. The number of aryl methyl sites for hydroxylation is 1. The van der Waals surface area contributed by atoms with Gasteiger partial charge in [-0.2, -0.15) is 4.31 Å². The fourth-order valence-corrected chi connectivity index (χ4v) is 5.12. The standard InChI is InChI=1S/C13H21N3O2S2/c1-9-11(19-12(14)15-9)20(17,18)16-7-5-10(6-8-16)13(2,3)4/h5H,6-8H2,1-4H3,(H2,14,15). The lowest BCUT2D eigenvalue weighted by Crippen LogP contribution is -2.36. The molecular weight excluding hydrogens is 294 g/mol. The SMILES string of the molecule is Cc1nc(N)sc1S(=O)(=O)N1CC=C(C(C)(C)C)CC1. The number of hydrogen-bond donors (Lipinski definition) is 1. The second kappa shape index (κ2) is 5.13. The molecule has 112 valence electrons. The van der Waals surface area contributed by atoms with E-state index in [0.717, 1.165) is 17.8 Å². The highest BCUT2D eigenvalue weighted by Crippen LogP contribution is 2.33. The molecule has 0 aliphatic carbocycles. The Bertz CT molecular complexity index is 639. The van der Waals surface area contributed by atoms with Crippen molar-refractivity contribution in [3.8, 4) is 0 Å². The first-order chi connectivity index (χ1) is 9.12.